The molecule has 0 aliphatic rings. The van der Waals surface area contributed by atoms with Gasteiger partial charge in [0.1, 0.15) is 6.04 Å². The predicted octanol–water partition coefficient (Wildman–Crippen LogP) is 5.33. The summed E-state index contributed by atoms with van der Waals surface area (Å²) in [5.41, 5.74) is 0.719. The largest absolute Gasteiger partial charge is 0.480 e. The molecular formula is C22H26N2O4S. The number of rotatable bonds is 4. The van der Waals surface area contributed by atoms with E-state index in [0.29, 0.717) is 16.2 Å². The van der Waals surface area contributed by atoms with Crippen LogP contribution in [-0.4, -0.2) is 39.3 Å². The maximum absolute atomic E-state index is 13.1. The van der Waals surface area contributed by atoms with Crippen molar-refractivity contribution in [1.82, 2.24) is 9.55 Å². The van der Waals surface area contributed by atoms with Crippen LogP contribution in [-0.2, 0) is 9.53 Å². The summed E-state index contributed by atoms with van der Waals surface area (Å²) < 4.78 is 6.92. The van der Waals surface area contributed by atoms with Crippen LogP contribution in [0.15, 0.2) is 64.6 Å². The van der Waals surface area contributed by atoms with Crippen molar-refractivity contribution in [2.45, 2.75) is 36.9 Å². The quantitative estimate of drug-likeness (QED) is 0.584. The van der Waals surface area contributed by atoms with Crippen molar-refractivity contribution in [3.05, 3.63) is 54.6 Å². The lowest BCUT2D eigenvalue weighted by Crippen LogP contribution is -2.33. The molecule has 0 fully saturated rings. The van der Waals surface area contributed by atoms with Crippen LogP contribution in [0.4, 0.5) is 4.79 Å². The van der Waals surface area contributed by atoms with Gasteiger partial charge < -0.3 is 14.4 Å². The van der Waals surface area contributed by atoms with Gasteiger partial charge in [0.15, 0.2) is 5.16 Å². The van der Waals surface area contributed by atoms with E-state index >= 15 is 0 Å². The molecule has 0 aliphatic heterocycles. The zero-order valence-corrected chi connectivity index (χ0v) is 18.1. The molecule has 0 saturated heterocycles. The van der Waals surface area contributed by atoms with E-state index in [9.17, 15) is 14.7 Å². The third-order valence-electron chi connectivity index (χ3n) is 4.96. The number of aromatic nitrogens is 2. The molecule has 3 aromatic rings. The summed E-state index contributed by atoms with van der Waals surface area (Å²) in [7, 11) is -1.08. The number of benzene rings is 2. The Morgan fingerprint density at radius 3 is 2.21 bits per heavy atom. The molecule has 2 unspecified atom stereocenters. The Morgan fingerprint density at radius 2 is 1.66 bits per heavy atom. The molecule has 0 amide bonds. The van der Waals surface area contributed by atoms with E-state index in [1.807, 2.05) is 81.6 Å². The number of carboxylic acid groups (broad SMARTS) is 1. The SMILES string of the molecule is COC(=O)S(C)(c1ccccc1)c1nc2ccccc2n1C(C(=O)O)C(C)(C)C. The Labute approximate surface area is 171 Å². The van der Waals surface area contributed by atoms with Gasteiger partial charge >= 0.3 is 11.3 Å². The highest BCUT2D eigenvalue weighted by molar-refractivity contribution is 8.44. The summed E-state index contributed by atoms with van der Waals surface area (Å²) in [5, 5.41) is 10.2. The van der Waals surface area contributed by atoms with Crippen molar-refractivity contribution < 1.29 is 19.4 Å². The fraction of sp³-hybridized carbons (Fsp3) is 0.318. The molecule has 7 heteroatoms. The first-order valence-corrected chi connectivity index (χ1v) is 11.3. The van der Waals surface area contributed by atoms with Crippen molar-refractivity contribution in [2.24, 2.45) is 5.41 Å². The molecule has 0 radical (unpaired) electrons. The number of nitrogens with zero attached hydrogens (tertiary/aromatic N) is 2. The second-order valence-corrected chi connectivity index (χ2v) is 11.1. The van der Waals surface area contributed by atoms with Crippen molar-refractivity contribution in [1.29, 1.82) is 0 Å². The summed E-state index contributed by atoms with van der Waals surface area (Å²) in [6.07, 6.45) is 1.81. The molecule has 0 aliphatic carbocycles. The van der Waals surface area contributed by atoms with Crippen molar-refractivity contribution in [3.8, 4) is 0 Å². The first-order valence-electron chi connectivity index (χ1n) is 9.23. The predicted molar refractivity (Wildman–Crippen MR) is 115 cm³/mol. The van der Waals surface area contributed by atoms with Crippen LogP contribution in [0.25, 0.3) is 11.0 Å². The summed E-state index contributed by atoms with van der Waals surface area (Å²) in [6, 6.07) is 15.8. The van der Waals surface area contributed by atoms with E-state index in [4.69, 9.17) is 9.72 Å². The third kappa shape index (κ3) is 3.51. The summed E-state index contributed by atoms with van der Waals surface area (Å²) >= 11 is 0. The molecule has 2 aromatic carbocycles. The molecule has 0 saturated carbocycles. The second-order valence-electron chi connectivity index (χ2n) is 8.05. The molecule has 0 spiro atoms. The Hall–Kier alpha value is -2.80. The first kappa shape index (κ1) is 20.9. The monoisotopic (exact) mass is 414 g/mol. The molecule has 1 aromatic heterocycles. The van der Waals surface area contributed by atoms with Crippen molar-refractivity contribution in [2.75, 3.05) is 13.4 Å². The smallest absolute Gasteiger partial charge is 0.360 e. The topological polar surface area (TPSA) is 81.4 Å². The van der Waals surface area contributed by atoms with Gasteiger partial charge in [-0.15, -0.1) is 0 Å². The van der Waals surface area contributed by atoms with Crippen LogP contribution in [0, 0.1) is 5.41 Å². The summed E-state index contributed by atoms with van der Waals surface area (Å²) in [5.74, 6) is -0.971. The first-order chi connectivity index (χ1) is 13.6. The second kappa shape index (κ2) is 7.55. The number of para-hydroxylation sites is 2. The highest BCUT2D eigenvalue weighted by atomic mass is 32.3. The van der Waals surface area contributed by atoms with Gasteiger partial charge in [-0.3, -0.25) is 0 Å². The third-order valence-corrected chi connectivity index (χ3v) is 8.02. The van der Waals surface area contributed by atoms with Gasteiger partial charge in [-0.05, 0) is 35.9 Å². The number of fused-ring (bicyclic) bond motifs is 1. The Balaban J connectivity index is 2.45. The number of aliphatic carboxylic acids is 1. The van der Waals surface area contributed by atoms with Gasteiger partial charge in [0.05, 0.1) is 18.1 Å². The van der Waals surface area contributed by atoms with Crippen LogP contribution >= 0.6 is 10.0 Å². The molecule has 0 bridgehead atoms. The van der Waals surface area contributed by atoms with Crippen molar-refractivity contribution in [3.63, 3.8) is 0 Å². The average Bonchev–Trinajstić information content (AvgIpc) is 3.05. The van der Waals surface area contributed by atoms with Gasteiger partial charge in [0.25, 0.3) is 0 Å². The normalized spacial score (nSPS) is 16.0. The number of carboxylic acids is 1. The number of carbonyl (C=O) groups excluding carboxylic acids is 1. The van der Waals surface area contributed by atoms with Crippen LogP contribution in [0.1, 0.15) is 26.8 Å². The van der Waals surface area contributed by atoms with Gasteiger partial charge in [-0.25, -0.2) is 14.6 Å². The Morgan fingerprint density at radius 1 is 1.07 bits per heavy atom. The number of carbonyl (C=O) groups is 2. The molecular weight excluding hydrogens is 388 g/mol. The molecule has 6 nitrogen and oxygen atoms in total. The van der Waals surface area contributed by atoms with Crippen LogP contribution in [0.2, 0.25) is 0 Å². The van der Waals surface area contributed by atoms with Gasteiger partial charge in [0.2, 0.25) is 0 Å². The zero-order chi connectivity index (χ0) is 21.4. The van der Waals surface area contributed by atoms with Gasteiger partial charge in [0, 0.05) is 4.90 Å². The van der Waals surface area contributed by atoms with Crippen LogP contribution in [0.5, 0.6) is 0 Å². The minimum Gasteiger partial charge on any atom is -0.480 e. The lowest BCUT2D eigenvalue weighted by Gasteiger charge is -2.36. The van der Waals surface area contributed by atoms with Crippen LogP contribution < -0.4 is 0 Å². The van der Waals surface area contributed by atoms with E-state index in [-0.39, 0.29) is 0 Å². The highest BCUT2D eigenvalue weighted by Gasteiger charge is 2.43. The molecule has 1 N–H and O–H groups in total. The standard InChI is InChI=1S/C22H26N2O4S/c1-22(2,3)18(19(25)26)24-17-14-10-9-13-16(17)23-20(24)29(5,21(27)28-4)15-11-7-6-8-12-15/h6-14,18H,1-5H3,(H,25,26). The molecule has 3 rings (SSSR count). The summed E-state index contributed by atoms with van der Waals surface area (Å²) in [4.78, 5) is 31.1. The van der Waals surface area contributed by atoms with E-state index in [1.54, 1.807) is 4.57 Å². The number of hydrogen-bond acceptors (Lipinski definition) is 4. The lowest BCUT2D eigenvalue weighted by molar-refractivity contribution is -0.144. The van der Waals surface area contributed by atoms with E-state index in [0.717, 1.165) is 4.90 Å². The summed E-state index contributed by atoms with van der Waals surface area (Å²) in [6.45, 7) is 5.62. The van der Waals surface area contributed by atoms with E-state index in [2.05, 4.69) is 0 Å². The number of ether oxygens (including phenoxy) is 1. The van der Waals surface area contributed by atoms with Crippen molar-refractivity contribution >= 4 is 32.3 Å². The number of methoxy groups -OCH3 is 1. The minimum atomic E-state index is -2.43. The minimum absolute atomic E-state index is 0.418. The van der Waals surface area contributed by atoms with Gasteiger partial charge in [-0.2, -0.15) is 0 Å². The molecule has 154 valence electrons. The number of imidazole rings is 1. The van der Waals surface area contributed by atoms with E-state index in [1.165, 1.54) is 7.11 Å². The molecule has 1 heterocycles. The fourth-order valence-corrected chi connectivity index (χ4v) is 6.03. The van der Waals surface area contributed by atoms with Gasteiger partial charge in [-0.1, -0.05) is 61.1 Å². The molecule has 29 heavy (non-hydrogen) atoms. The Bertz CT molecular complexity index is 1060. The highest BCUT2D eigenvalue weighted by Crippen LogP contribution is 2.61. The van der Waals surface area contributed by atoms with Crippen LogP contribution in [0.3, 0.4) is 0 Å². The van der Waals surface area contributed by atoms with E-state index < -0.39 is 32.8 Å². The lowest BCUT2D eigenvalue weighted by atomic mass is 9.86. The molecule has 2 atom stereocenters. The number of hydrogen-bond donors (Lipinski definition) is 1. The maximum Gasteiger partial charge on any atom is 0.360 e. The Kier molecular flexibility index (Phi) is 5.45. The maximum atomic E-state index is 13.1. The average molecular weight is 415 g/mol. The zero-order valence-electron chi connectivity index (χ0n) is 17.2. The fourth-order valence-electron chi connectivity index (χ4n) is 3.56.